The van der Waals surface area contributed by atoms with Gasteiger partial charge in [-0.15, -0.1) is 6.58 Å². The van der Waals surface area contributed by atoms with Gasteiger partial charge in [-0.05, 0) is 65.2 Å². The number of aryl methyl sites for hydroxylation is 1. The first-order valence-corrected chi connectivity index (χ1v) is 7.08. The number of rotatable bonds is 4. The summed E-state index contributed by atoms with van der Waals surface area (Å²) in [7, 11) is 1.72. The van der Waals surface area contributed by atoms with Crippen LogP contribution in [0.5, 0.6) is 5.75 Å². The summed E-state index contributed by atoms with van der Waals surface area (Å²) >= 11 is 0. The molecule has 0 aliphatic carbocycles. The molecule has 20 heavy (non-hydrogen) atoms. The molecule has 0 unspecified atom stereocenters. The Bertz CT molecular complexity index is 548. The van der Waals surface area contributed by atoms with Gasteiger partial charge in [-0.2, -0.15) is 0 Å². The third-order valence-corrected chi connectivity index (χ3v) is 2.95. The summed E-state index contributed by atoms with van der Waals surface area (Å²) in [6.45, 7) is 14.5. The first-order chi connectivity index (χ1) is 9.23. The molecule has 0 aliphatic rings. The third kappa shape index (κ3) is 5.13. The summed E-state index contributed by atoms with van der Waals surface area (Å²) in [5, 5.41) is 0. The highest BCUT2D eigenvalue weighted by Crippen LogP contribution is 2.27. The molecule has 0 bridgehead atoms. The zero-order valence-corrected chi connectivity index (χ0v) is 13.7. The Morgan fingerprint density at radius 3 is 2.45 bits per heavy atom. The van der Waals surface area contributed by atoms with Crippen molar-refractivity contribution in [1.82, 2.24) is 0 Å². The van der Waals surface area contributed by atoms with Crippen molar-refractivity contribution in [2.75, 3.05) is 7.11 Å². The molecule has 1 aromatic carbocycles. The Kier molecular flexibility index (Phi) is 5.45. The summed E-state index contributed by atoms with van der Waals surface area (Å²) in [6.07, 6.45) is 1.89. The van der Waals surface area contributed by atoms with E-state index in [-0.39, 0.29) is 5.41 Å². The Hall–Kier alpha value is -1.68. The van der Waals surface area contributed by atoms with E-state index >= 15 is 0 Å². The van der Waals surface area contributed by atoms with E-state index in [2.05, 4.69) is 65.2 Å². The smallest absolute Gasteiger partial charge is 0.123 e. The molecule has 0 radical (unpaired) electrons. The van der Waals surface area contributed by atoms with E-state index in [9.17, 15) is 0 Å². The van der Waals surface area contributed by atoms with Gasteiger partial charge < -0.3 is 4.74 Å². The average molecular weight is 270 g/mol. The normalized spacial score (nSPS) is 10.7. The Morgan fingerprint density at radius 2 is 1.95 bits per heavy atom. The first kappa shape index (κ1) is 16.4. The van der Waals surface area contributed by atoms with Crippen molar-refractivity contribution in [3.8, 4) is 17.6 Å². The molecule has 0 amide bonds. The van der Waals surface area contributed by atoms with Crippen molar-refractivity contribution in [3.63, 3.8) is 0 Å². The van der Waals surface area contributed by atoms with E-state index in [4.69, 9.17) is 4.74 Å². The highest BCUT2D eigenvalue weighted by atomic mass is 16.5. The van der Waals surface area contributed by atoms with Gasteiger partial charge in [0.05, 0.1) is 7.11 Å². The second-order valence-electron chi connectivity index (χ2n) is 6.45. The maximum Gasteiger partial charge on any atom is 0.123 e. The van der Waals surface area contributed by atoms with Gasteiger partial charge in [0.1, 0.15) is 5.75 Å². The van der Waals surface area contributed by atoms with Crippen molar-refractivity contribution in [1.29, 1.82) is 0 Å². The molecule has 1 nitrogen and oxygen atoms in total. The van der Waals surface area contributed by atoms with Gasteiger partial charge in [0.2, 0.25) is 0 Å². The predicted octanol–water partition coefficient (Wildman–Crippen LogP) is 4.91. The summed E-state index contributed by atoms with van der Waals surface area (Å²) in [6, 6.07) is 4.23. The zero-order chi connectivity index (χ0) is 15.3. The maximum atomic E-state index is 5.53. The predicted molar refractivity (Wildman–Crippen MR) is 87.2 cm³/mol. The second-order valence-corrected chi connectivity index (χ2v) is 6.45. The van der Waals surface area contributed by atoms with Crippen LogP contribution in [0, 0.1) is 24.2 Å². The lowest BCUT2D eigenvalue weighted by molar-refractivity contribution is 0.409. The van der Waals surface area contributed by atoms with Crippen LogP contribution in [0.2, 0.25) is 0 Å². The molecule has 0 saturated heterocycles. The minimum Gasteiger partial charge on any atom is -0.496 e. The Balaban J connectivity index is 3.27. The second kappa shape index (κ2) is 6.66. The van der Waals surface area contributed by atoms with E-state index < -0.39 is 0 Å². The summed E-state index contributed by atoms with van der Waals surface area (Å²) in [4.78, 5) is 0. The minimum atomic E-state index is 0.00258. The number of methoxy groups -OCH3 is 1. The quantitative estimate of drug-likeness (QED) is 0.558. The lowest BCUT2D eigenvalue weighted by atomic mass is 9.94. The number of ether oxygens (including phenoxy) is 1. The molecule has 0 fully saturated rings. The van der Waals surface area contributed by atoms with E-state index in [1.54, 1.807) is 7.11 Å². The van der Waals surface area contributed by atoms with Crippen molar-refractivity contribution in [2.45, 2.75) is 47.5 Å². The molecule has 108 valence electrons. The van der Waals surface area contributed by atoms with E-state index in [1.165, 1.54) is 16.7 Å². The minimum absolute atomic E-state index is 0.00258. The van der Waals surface area contributed by atoms with Crippen LogP contribution in [0.3, 0.4) is 0 Å². The fourth-order valence-electron chi connectivity index (χ4n) is 1.93. The van der Waals surface area contributed by atoms with Crippen molar-refractivity contribution in [2.24, 2.45) is 5.41 Å². The third-order valence-electron chi connectivity index (χ3n) is 2.95. The monoisotopic (exact) mass is 270 g/mol. The number of hydrogen-bond acceptors (Lipinski definition) is 1. The van der Waals surface area contributed by atoms with E-state index in [0.717, 1.165) is 24.2 Å². The van der Waals surface area contributed by atoms with Gasteiger partial charge in [-0.1, -0.05) is 17.4 Å². The Labute approximate surface area is 124 Å². The van der Waals surface area contributed by atoms with Gasteiger partial charge in [-0.25, -0.2) is 0 Å². The van der Waals surface area contributed by atoms with Gasteiger partial charge in [-0.3, -0.25) is 0 Å². The van der Waals surface area contributed by atoms with Crippen molar-refractivity contribution in [3.05, 3.63) is 41.0 Å². The molecule has 0 saturated carbocycles. The number of hydrogen-bond donors (Lipinski definition) is 0. The van der Waals surface area contributed by atoms with Gasteiger partial charge in [0.25, 0.3) is 0 Å². The first-order valence-electron chi connectivity index (χ1n) is 7.08. The van der Waals surface area contributed by atoms with Crippen LogP contribution < -0.4 is 4.74 Å². The molecule has 1 aromatic rings. The average Bonchev–Trinajstić information content (AvgIpc) is 2.33. The van der Waals surface area contributed by atoms with Crippen LogP contribution in [0.25, 0.3) is 0 Å². The van der Waals surface area contributed by atoms with E-state index in [1.807, 2.05) is 0 Å². The lowest BCUT2D eigenvalue weighted by Crippen LogP contribution is -2.01. The topological polar surface area (TPSA) is 9.23 Å². The SMILES string of the molecule is C=C(C)CCc1c(C#CC(C)(C)C)cc(C)cc1OC. The summed E-state index contributed by atoms with van der Waals surface area (Å²) in [5.74, 6) is 7.58. The van der Waals surface area contributed by atoms with E-state index in [0.29, 0.717) is 0 Å². The fraction of sp³-hybridized carbons (Fsp3) is 0.474. The maximum absolute atomic E-state index is 5.53. The molecule has 1 heteroatoms. The molecular weight excluding hydrogens is 244 g/mol. The number of allylic oxidation sites excluding steroid dienone is 1. The van der Waals surface area contributed by atoms with Crippen molar-refractivity contribution < 1.29 is 4.74 Å². The lowest BCUT2D eigenvalue weighted by Gasteiger charge is -2.13. The fourth-order valence-corrected chi connectivity index (χ4v) is 1.93. The molecule has 0 N–H and O–H groups in total. The molecule has 0 aliphatic heterocycles. The van der Waals surface area contributed by atoms with Crippen molar-refractivity contribution >= 4 is 0 Å². The molecule has 0 spiro atoms. The van der Waals surface area contributed by atoms with Crippen LogP contribution in [-0.2, 0) is 6.42 Å². The van der Waals surface area contributed by atoms with Crippen LogP contribution in [0.1, 0.15) is 50.8 Å². The molecule has 1 rings (SSSR count). The van der Waals surface area contributed by atoms with Gasteiger partial charge in [0.15, 0.2) is 0 Å². The highest BCUT2D eigenvalue weighted by Gasteiger charge is 2.10. The summed E-state index contributed by atoms with van der Waals surface area (Å²) in [5.41, 5.74) is 4.64. The molecule has 0 atom stereocenters. The largest absolute Gasteiger partial charge is 0.496 e. The highest BCUT2D eigenvalue weighted by molar-refractivity contribution is 5.52. The van der Waals surface area contributed by atoms with Crippen LogP contribution in [0.4, 0.5) is 0 Å². The number of benzene rings is 1. The summed E-state index contributed by atoms with van der Waals surface area (Å²) < 4.78 is 5.53. The van der Waals surface area contributed by atoms with Crippen LogP contribution in [-0.4, -0.2) is 7.11 Å². The molecule has 0 aromatic heterocycles. The Morgan fingerprint density at radius 1 is 1.30 bits per heavy atom. The van der Waals surface area contributed by atoms with Gasteiger partial charge >= 0.3 is 0 Å². The molecule has 0 heterocycles. The zero-order valence-electron chi connectivity index (χ0n) is 13.7. The van der Waals surface area contributed by atoms with Crippen LogP contribution in [0.15, 0.2) is 24.3 Å². The standard InChI is InChI=1S/C19H26O/c1-14(2)8-9-17-16(10-11-19(4,5)6)12-15(3)13-18(17)20-7/h12-13H,1,8-9H2,2-7H3. The molecular formula is C19H26O. The van der Waals surface area contributed by atoms with Crippen LogP contribution >= 0.6 is 0 Å². The van der Waals surface area contributed by atoms with Gasteiger partial charge in [0, 0.05) is 16.5 Å².